The fourth-order valence-corrected chi connectivity index (χ4v) is 2.74. The molecule has 0 fully saturated rings. The molecular weight excluding hydrogens is 218 g/mol. The lowest BCUT2D eigenvalue weighted by Gasteiger charge is -2.14. The van der Waals surface area contributed by atoms with E-state index in [0.717, 1.165) is 23.1 Å². The second-order valence-corrected chi connectivity index (χ2v) is 4.69. The van der Waals surface area contributed by atoms with Gasteiger partial charge in [-0.3, -0.25) is 10.1 Å². The molecule has 0 aromatic heterocycles. The Kier molecular flexibility index (Phi) is 3.07. The van der Waals surface area contributed by atoms with E-state index >= 15 is 0 Å². The van der Waals surface area contributed by atoms with Crippen LogP contribution in [0.3, 0.4) is 0 Å². The van der Waals surface area contributed by atoms with E-state index in [4.69, 9.17) is 5.11 Å². The summed E-state index contributed by atoms with van der Waals surface area (Å²) in [5.41, 5.74) is 3.19. The minimum atomic E-state index is -0.877. The summed E-state index contributed by atoms with van der Waals surface area (Å²) in [5, 5.41) is 21.6. The van der Waals surface area contributed by atoms with Crippen molar-refractivity contribution in [2.45, 2.75) is 32.2 Å². The number of benzene rings is 1. The normalized spacial score (nSPS) is 22.5. The summed E-state index contributed by atoms with van der Waals surface area (Å²) in [5.74, 6) is -0.264. The van der Waals surface area contributed by atoms with Crippen LogP contribution in [0.1, 0.15) is 42.0 Å². The predicted octanol–water partition coefficient (Wildman–Crippen LogP) is 1.92. The van der Waals surface area contributed by atoms with Crippen molar-refractivity contribution in [1.82, 2.24) is 5.32 Å². The van der Waals surface area contributed by atoms with Crippen molar-refractivity contribution >= 4 is 5.97 Å². The third-order valence-corrected chi connectivity index (χ3v) is 3.41. The van der Waals surface area contributed by atoms with Gasteiger partial charge in [0.05, 0.1) is 6.54 Å². The number of phenols is 1. The number of rotatable bonds is 3. The largest absolute Gasteiger partial charge is 0.508 e. The molecule has 0 heterocycles. The topological polar surface area (TPSA) is 69.6 Å². The second-order valence-electron chi connectivity index (χ2n) is 4.69. The number of carboxylic acid groups (broad SMARTS) is 1. The van der Waals surface area contributed by atoms with E-state index in [0.29, 0.717) is 5.92 Å². The highest BCUT2D eigenvalue weighted by Gasteiger charge is 2.31. The van der Waals surface area contributed by atoms with Gasteiger partial charge in [-0.2, -0.15) is 0 Å². The number of fused-ring (bicyclic) bond motifs is 1. The predicted molar refractivity (Wildman–Crippen MR) is 64.3 cm³/mol. The Morgan fingerprint density at radius 1 is 1.47 bits per heavy atom. The van der Waals surface area contributed by atoms with Crippen LogP contribution in [0, 0.1) is 6.92 Å². The van der Waals surface area contributed by atoms with Crippen molar-refractivity contribution in [3.63, 3.8) is 0 Å². The van der Waals surface area contributed by atoms with Gasteiger partial charge in [-0.1, -0.05) is 13.0 Å². The molecular formula is C13H17NO3. The van der Waals surface area contributed by atoms with E-state index in [-0.39, 0.29) is 18.3 Å². The molecule has 2 atom stereocenters. The third kappa shape index (κ3) is 2.13. The van der Waals surface area contributed by atoms with Gasteiger partial charge in [-0.15, -0.1) is 0 Å². The van der Waals surface area contributed by atoms with E-state index < -0.39 is 5.97 Å². The number of hydrogen-bond donors (Lipinski definition) is 3. The first-order valence-electron chi connectivity index (χ1n) is 5.78. The van der Waals surface area contributed by atoms with E-state index in [1.54, 1.807) is 6.07 Å². The summed E-state index contributed by atoms with van der Waals surface area (Å²) in [6, 6.07) is 3.53. The lowest BCUT2D eigenvalue weighted by Crippen LogP contribution is -2.26. The van der Waals surface area contributed by atoms with Gasteiger partial charge in [0.1, 0.15) is 5.75 Å². The Labute approximate surface area is 100 Å². The van der Waals surface area contributed by atoms with Gasteiger partial charge in [-0.25, -0.2) is 0 Å². The van der Waals surface area contributed by atoms with Crippen LogP contribution < -0.4 is 5.32 Å². The molecule has 1 aliphatic rings. The van der Waals surface area contributed by atoms with Crippen LogP contribution in [0.4, 0.5) is 0 Å². The summed E-state index contributed by atoms with van der Waals surface area (Å²) in [6.45, 7) is 4.05. The monoisotopic (exact) mass is 235 g/mol. The molecule has 0 saturated carbocycles. The number of nitrogens with one attached hydrogen (secondary N) is 1. The van der Waals surface area contributed by atoms with Crippen LogP contribution in [0.15, 0.2) is 12.1 Å². The van der Waals surface area contributed by atoms with Gasteiger partial charge in [0.2, 0.25) is 0 Å². The fourth-order valence-electron chi connectivity index (χ4n) is 2.74. The summed E-state index contributed by atoms with van der Waals surface area (Å²) in [7, 11) is 0. The molecule has 0 aliphatic heterocycles. The molecule has 0 amide bonds. The number of phenolic OH excluding ortho intramolecular Hbond substituents is 1. The van der Waals surface area contributed by atoms with Crippen LogP contribution >= 0.6 is 0 Å². The minimum absolute atomic E-state index is 0.0593. The number of carbonyl (C=O) groups is 1. The Bertz CT molecular complexity index is 456. The highest BCUT2D eigenvalue weighted by atomic mass is 16.4. The quantitative estimate of drug-likeness (QED) is 0.748. The zero-order valence-electron chi connectivity index (χ0n) is 10.0. The van der Waals surface area contributed by atoms with Crippen molar-refractivity contribution in [2.75, 3.05) is 6.54 Å². The van der Waals surface area contributed by atoms with Gasteiger partial charge in [0, 0.05) is 11.6 Å². The van der Waals surface area contributed by atoms with Crippen LogP contribution in [0.5, 0.6) is 5.75 Å². The number of hydrogen-bond acceptors (Lipinski definition) is 3. The standard InChI is InChI=1S/C13H17NO3/c1-7-3-4-10(15)13-9(14-6-11(16)17)5-8(2)12(7)13/h3-4,8-9,14-15H,5-6H2,1-2H3,(H,16,17). The number of carboxylic acids is 1. The zero-order chi connectivity index (χ0) is 12.6. The fraction of sp³-hybridized carbons (Fsp3) is 0.462. The third-order valence-electron chi connectivity index (χ3n) is 3.41. The van der Waals surface area contributed by atoms with Gasteiger partial charge >= 0.3 is 5.97 Å². The Hall–Kier alpha value is -1.55. The van der Waals surface area contributed by atoms with Crippen LogP contribution in [-0.4, -0.2) is 22.7 Å². The molecule has 92 valence electrons. The summed E-state index contributed by atoms with van der Waals surface area (Å²) < 4.78 is 0. The molecule has 4 heteroatoms. The van der Waals surface area contributed by atoms with Crippen LogP contribution in [-0.2, 0) is 4.79 Å². The lowest BCUT2D eigenvalue weighted by atomic mass is 9.97. The summed E-state index contributed by atoms with van der Waals surface area (Å²) >= 11 is 0. The van der Waals surface area contributed by atoms with Gasteiger partial charge < -0.3 is 10.2 Å². The maximum atomic E-state index is 10.6. The number of aliphatic carboxylic acids is 1. The first-order valence-corrected chi connectivity index (χ1v) is 5.78. The highest BCUT2D eigenvalue weighted by molar-refractivity contribution is 5.69. The molecule has 3 N–H and O–H groups in total. The molecule has 0 radical (unpaired) electrons. The molecule has 1 aromatic carbocycles. The Balaban J connectivity index is 2.33. The van der Waals surface area contributed by atoms with Crippen molar-refractivity contribution < 1.29 is 15.0 Å². The molecule has 4 nitrogen and oxygen atoms in total. The Morgan fingerprint density at radius 2 is 2.18 bits per heavy atom. The smallest absolute Gasteiger partial charge is 0.317 e. The summed E-state index contributed by atoms with van der Waals surface area (Å²) in [4.78, 5) is 10.6. The molecule has 17 heavy (non-hydrogen) atoms. The van der Waals surface area contributed by atoms with E-state index in [1.807, 2.05) is 13.0 Å². The SMILES string of the molecule is Cc1ccc(O)c2c1C(C)CC2NCC(=O)O. The van der Waals surface area contributed by atoms with Crippen molar-refractivity contribution in [3.05, 3.63) is 28.8 Å². The van der Waals surface area contributed by atoms with Crippen LogP contribution in [0.2, 0.25) is 0 Å². The van der Waals surface area contributed by atoms with Gasteiger partial charge in [0.15, 0.2) is 0 Å². The van der Waals surface area contributed by atoms with E-state index in [9.17, 15) is 9.90 Å². The molecule has 2 rings (SSSR count). The minimum Gasteiger partial charge on any atom is -0.508 e. The van der Waals surface area contributed by atoms with Gasteiger partial charge in [0.25, 0.3) is 0 Å². The highest BCUT2D eigenvalue weighted by Crippen LogP contribution is 2.45. The average molecular weight is 235 g/mol. The molecule has 0 saturated heterocycles. The van der Waals surface area contributed by atoms with Crippen molar-refractivity contribution in [3.8, 4) is 5.75 Å². The first kappa shape index (κ1) is 11.9. The number of aromatic hydroxyl groups is 1. The molecule has 0 bridgehead atoms. The van der Waals surface area contributed by atoms with Crippen molar-refractivity contribution in [2.24, 2.45) is 0 Å². The molecule has 2 unspecified atom stereocenters. The van der Waals surface area contributed by atoms with Crippen molar-refractivity contribution in [1.29, 1.82) is 0 Å². The van der Waals surface area contributed by atoms with E-state index in [2.05, 4.69) is 12.2 Å². The van der Waals surface area contributed by atoms with E-state index in [1.165, 1.54) is 0 Å². The Morgan fingerprint density at radius 3 is 2.82 bits per heavy atom. The lowest BCUT2D eigenvalue weighted by molar-refractivity contribution is -0.136. The zero-order valence-corrected chi connectivity index (χ0v) is 10.0. The first-order chi connectivity index (χ1) is 8.00. The average Bonchev–Trinajstić information content (AvgIpc) is 2.59. The maximum Gasteiger partial charge on any atom is 0.317 e. The second kappa shape index (κ2) is 4.37. The van der Waals surface area contributed by atoms with Crippen LogP contribution in [0.25, 0.3) is 0 Å². The molecule has 1 aromatic rings. The molecule has 0 spiro atoms. The molecule has 1 aliphatic carbocycles. The van der Waals surface area contributed by atoms with Gasteiger partial charge in [-0.05, 0) is 36.5 Å². The summed E-state index contributed by atoms with van der Waals surface area (Å²) in [6.07, 6.45) is 0.834. The maximum absolute atomic E-state index is 10.6. The number of aryl methyl sites for hydroxylation is 1.